The molecule has 2 aliphatic rings. The zero-order valence-corrected chi connectivity index (χ0v) is 16.3. The van der Waals surface area contributed by atoms with E-state index in [2.05, 4.69) is 21.5 Å². The van der Waals surface area contributed by atoms with Crippen LogP contribution in [-0.2, 0) is 16.0 Å². The molecule has 0 radical (unpaired) electrons. The predicted octanol–water partition coefficient (Wildman–Crippen LogP) is 2.35. The van der Waals surface area contributed by atoms with Gasteiger partial charge in [0.2, 0.25) is 0 Å². The van der Waals surface area contributed by atoms with Crippen molar-refractivity contribution < 1.29 is 9.47 Å². The van der Waals surface area contributed by atoms with Crippen LogP contribution in [0.1, 0.15) is 12.0 Å². The first-order valence-electron chi connectivity index (χ1n) is 9.69. The van der Waals surface area contributed by atoms with Crippen LogP contribution in [0.2, 0.25) is 5.02 Å². The molecule has 0 bridgehead atoms. The number of ether oxygens (including phenoxy) is 2. The number of benzene rings is 1. The summed E-state index contributed by atoms with van der Waals surface area (Å²) in [6.07, 6.45) is 5.14. The lowest BCUT2D eigenvalue weighted by Crippen LogP contribution is -2.51. The number of hydrogen-bond acceptors (Lipinski definition) is 5. The van der Waals surface area contributed by atoms with Gasteiger partial charge in [0.1, 0.15) is 0 Å². The Bertz CT molecular complexity index is 709. The predicted molar refractivity (Wildman–Crippen MR) is 105 cm³/mol. The monoisotopic (exact) mass is 390 g/mol. The lowest BCUT2D eigenvalue weighted by molar-refractivity contribution is 0.00137. The molecule has 1 N–H and O–H groups in total. The smallest absolute Gasteiger partial charge is 0.0646 e. The zero-order valence-electron chi connectivity index (χ0n) is 15.5. The van der Waals surface area contributed by atoms with E-state index in [-0.39, 0.29) is 0 Å². The van der Waals surface area contributed by atoms with Crippen molar-refractivity contribution >= 4 is 11.6 Å². The van der Waals surface area contributed by atoms with Gasteiger partial charge in [0, 0.05) is 61.5 Å². The van der Waals surface area contributed by atoms with Crippen LogP contribution in [-0.4, -0.2) is 66.8 Å². The first-order valence-corrected chi connectivity index (χ1v) is 10.1. The van der Waals surface area contributed by atoms with E-state index in [0.717, 1.165) is 69.7 Å². The second kappa shape index (κ2) is 9.17. The van der Waals surface area contributed by atoms with Gasteiger partial charge in [0.25, 0.3) is 0 Å². The highest BCUT2D eigenvalue weighted by atomic mass is 35.5. The van der Waals surface area contributed by atoms with Crippen molar-refractivity contribution in [3.8, 4) is 5.69 Å². The maximum absolute atomic E-state index is 5.96. The second-order valence-corrected chi connectivity index (χ2v) is 7.68. The van der Waals surface area contributed by atoms with E-state index in [1.807, 2.05) is 35.1 Å². The molecule has 2 aliphatic heterocycles. The van der Waals surface area contributed by atoms with Crippen LogP contribution in [0, 0.1) is 5.92 Å². The average Bonchev–Trinajstić information content (AvgIpc) is 3.39. The van der Waals surface area contributed by atoms with Crippen LogP contribution in [0.3, 0.4) is 0 Å². The van der Waals surface area contributed by atoms with Crippen LogP contribution < -0.4 is 5.32 Å². The summed E-state index contributed by atoms with van der Waals surface area (Å²) in [4.78, 5) is 2.56. The molecule has 7 heteroatoms. The van der Waals surface area contributed by atoms with Gasteiger partial charge in [0.05, 0.1) is 31.7 Å². The molecule has 27 heavy (non-hydrogen) atoms. The molecule has 3 heterocycles. The third-order valence-electron chi connectivity index (χ3n) is 5.43. The number of nitrogens with one attached hydrogen (secondary N) is 1. The Hall–Kier alpha value is -1.44. The maximum Gasteiger partial charge on any atom is 0.0646 e. The summed E-state index contributed by atoms with van der Waals surface area (Å²) in [6, 6.07) is 8.21. The lowest BCUT2D eigenvalue weighted by atomic mass is 9.97. The number of nitrogens with zero attached hydrogens (tertiary/aromatic N) is 3. The molecule has 2 saturated heterocycles. The maximum atomic E-state index is 5.96. The largest absolute Gasteiger partial charge is 0.381 e. The van der Waals surface area contributed by atoms with Crippen LogP contribution in [0.5, 0.6) is 0 Å². The highest BCUT2D eigenvalue weighted by Crippen LogP contribution is 2.22. The van der Waals surface area contributed by atoms with Crippen molar-refractivity contribution in [3.05, 3.63) is 47.2 Å². The van der Waals surface area contributed by atoms with E-state index < -0.39 is 0 Å². The molecule has 2 aromatic rings. The Balaban J connectivity index is 1.33. The molecule has 4 rings (SSSR count). The Kier molecular flexibility index (Phi) is 6.42. The summed E-state index contributed by atoms with van der Waals surface area (Å²) in [5.41, 5.74) is 2.19. The molecule has 0 aliphatic carbocycles. The van der Waals surface area contributed by atoms with Gasteiger partial charge >= 0.3 is 0 Å². The molecule has 2 fully saturated rings. The summed E-state index contributed by atoms with van der Waals surface area (Å²) < 4.78 is 13.1. The zero-order chi connectivity index (χ0) is 18.5. The molecule has 2 atom stereocenters. The van der Waals surface area contributed by atoms with Crippen LogP contribution >= 0.6 is 11.6 Å². The standard InChI is InChI=1S/C20H27ClN4O2/c21-18-1-3-19(4-2-18)25-14-16(12-23-25)11-22-13-20(17-5-8-27-15-17)24-6-9-26-10-7-24/h1-4,12,14,17,20,22H,5-11,13,15H2/t17-,20+/m0/s1. The minimum Gasteiger partial charge on any atom is -0.381 e. The molecule has 0 unspecified atom stereocenters. The fourth-order valence-electron chi connectivity index (χ4n) is 3.91. The molecule has 1 aromatic heterocycles. The molecule has 6 nitrogen and oxygen atoms in total. The number of hydrogen-bond donors (Lipinski definition) is 1. The van der Waals surface area contributed by atoms with Gasteiger partial charge < -0.3 is 14.8 Å². The van der Waals surface area contributed by atoms with Crippen LogP contribution in [0.15, 0.2) is 36.7 Å². The SMILES string of the molecule is Clc1ccc(-n2cc(CNC[C@H]([C@H]3CCOC3)N3CCOCC3)cn2)cc1. The summed E-state index contributed by atoms with van der Waals surface area (Å²) in [5.74, 6) is 0.604. The first kappa shape index (κ1) is 18.9. The summed E-state index contributed by atoms with van der Waals surface area (Å²) >= 11 is 5.96. The van der Waals surface area contributed by atoms with Gasteiger partial charge in [0.15, 0.2) is 0 Å². The number of morpholine rings is 1. The van der Waals surface area contributed by atoms with Crippen molar-refractivity contribution in [3.63, 3.8) is 0 Å². The number of halogens is 1. The number of rotatable bonds is 7. The minimum atomic E-state index is 0.503. The Labute approximate surface area is 165 Å². The van der Waals surface area contributed by atoms with Gasteiger partial charge in [-0.25, -0.2) is 4.68 Å². The Morgan fingerprint density at radius 3 is 2.70 bits per heavy atom. The number of aromatic nitrogens is 2. The van der Waals surface area contributed by atoms with Gasteiger partial charge in [-0.1, -0.05) is 11.6 Å². The van der Waals surface area contributed by atoms with Crippen LogP contribution in [0.25, 0.3) is 5.69 Å². The van der Waals surface area contributed by atoms with E-state index in [4.69, 9.17) is 21.1 Å². The molecule has 0 spiro atoms. The van der Waals surface area contributed by atoms with Gasteiger partial charge in [-0.15, -0.1) is 0 Å². The third kappa shape index (κ3) is 4.89. The van der Waals surface area contributed by atoms with Crippen molar-refractivity contribution in [1.82, 2.24) is 20.0 Å². The highest BCUT2D eigenvalue weighted by Gasteiger charge is 2.31. The Morgan fingerprint density at radius 1 is 1.15 bits per heavy atom. The van der Waals surface area contributed by atoms with Crippen LogP contribution in [0.4, 0.5) is 0 Å². The minimum absolute atomic E-state index is 0.503. The lowest BCUT2D eigenvalue weighted by Gasteiger charge is -2.37. The fraction of sp³-hybridized carbons (Fsp3) is 0.550. The quantitative estimate of drug-likeness (QED) is 0.786. The molecule has 0 saturated carbocycles. The van der Waals surface area contributed by atoms with E-state index in [1.54, 1.807) is 0 Å². The second-order valence-electron chi connectivity index (χ2n) is 7.24. The van der Waals surface area contributed by atoms with Crippen molar-refractivity contribution in [2.24, 2.45) is 5.92 Å². The normalized spacial score (nSPS) is 22.2. The van der Waals surface area contributed by atoms with Gasteiger partial charge in [-0.05, 0) is 30.7 Å². The fourth-order valence-corrected chi connectivity index (χ4v) is 4.04. The molecular formula is C20H27ClN4O2. The van der Waals surface area contributed by atoms with E-state index >= 15 is 0 Å². The molecule has 0 amide bonds. The highest BCUT2D eigenvalue weighted by molar-refractivity contribution is 6.30. The van der Waals surface area contributed by atoms with E-state index in [1.165, 1.54) is 5.56 Å². The summed E-state index contributed by atoms with van der Waals surface area (Å²) in [6.45, 7) is 7.21. The van der Waals surface area contributed by atoms with Crippen molar-refractivity contribution in [1.29, 1.82) is 0 Å². The van der Waals surface area contributed by atoms with E-state index in [0.29, 0.717) is 12.0 Å². The average molecular weight is 391 g/mol. The summed E-state index contributed by atoms with van der Waals surface area (Å²) in [7, 11) is 0. The molecule has 146 valence electrons. The van der Waals surface area contributed by atoms with Crippen molar-refractivity contribution in [2.75, 3.05) is 46.1 Å². The third-order valence-corrected chi connectivity index (χ3v) is 5.69. The van der Waals surface area contributed by atoms with E-state index in [9.17, 15) is 0 Å². The Morgan fingerprint density at radius 2 is 1.96 bits per heavy atom. The first-order chi connectivity index (χ1) is 13.3. The van der Waals surface area contributed by atoms with Crippen molar-refractivity contribution in [2.45, 2.75) is 19.0 Å². The molecular weight excluding hydrogens is 364 g/mol. The van der Waals surface area contributed by atoms with Gasteiger partial charge in [-0.2, -0.15) is 5.10 Å². The molecule has 1 aromatic carbocycles. The summed E-state index contributed by atoms with van der Waals surface area (Å²) in [5, 5.41) is 8.84. The topological polar surface area (TPSA) is 51.5 Å². The van der Waals surface area contributed by atoms with Gasteiger partial charge in [-0.3, -0.25) is 4.90 Å².